The first-order valence-electron chi connectivity index (χ1n) is 8.40. The van der Waals surface area contributed by atoms with E-state index in [4.69, 9.17) is 14.2 Å². The molecule has 0 N–H and O–H groups in total. The molecule has 21 heavy (non-hydrogen) atoms. The van der Waals surface area contributed by atoms with Crippen LogP contribution in [-0.4, -0.2) is 48.2 Å². The maximum atomic E-state index is 12.3. The number of piperidine rings is 1. The van der Waals surface area contributed by atoms with Gasteiger partial charge in [-0.3, -0.25) is 0 Å². The molecule has 0 radical (unpaired) electrons. The largest absolute Gasteiger partial charge is 0.446 e. The second-order valence-corrected chi connectivity index (χ2v) is 6.66. The average Bonchev–Trinajstić information content (AvgIpc) is 2.85. The predicted octanol–water partition coefficient (Wildman–Crippen LogP) is 3.07. The molecule has 3 aliphatic rings. The molecule has 0 saturated carbocycles. The van der Waals surface area contributed by atoms with Gasteiger partial charge in [-0.05, 0) is 13.3 Å². The van der Waals surface area contributed by atoms with Gasteiger partial charge in [0.05, 0.1) is 13.2 Å². The zero-order valence-corrected chi connectivity index (χ0v) is 13.2. The number of carbonyl (C=O) groups excluding carboxylic acids is 1. The van der Waals surface area contributed by atoms with Crippen molar-refractivity contribution < 1.29 is 19.0 Å². The summed E-state index contributed by atoms with van der Waals surface area (Å²) in [4.78, 5) is 14.3. The minimum absolute atomic E-state index is 0.00778. The molecule has 0 aromatic carbocycles. The van der Waals surface area contributed by atoms with Crippen molar-refractivity contribution in [3.63, 3.8) is 0 Å². The van der Waals surface area contributed by atoms with Crippen molar-refractivity contribution in [3.05, 3.63) is 0 Å². The molecule has 0 aliphatic carbocycles. The van der Waals surface area contributed by atoms with Crippen LogP contribution in [0.1, 0.15) is 58.8 Å². The van der Waals surface area contributed by atoms with E-state index in [1.165, 1.54) is 12.8 Å². The Kier molecular flexibility index (Phi) is 4.41. The molecule has 3 heterocycles. The van der Waals surface area contributed by atoms with Gasteiger partial charge in [-0.1, -0.05) is 26.2 Å². The van der Waals surface area contributed by atoms with Crippen molar-refractivity contribution in [2.24, 2.45) is 0 Å². The first kappa shape index (κ1) is 15.1. The van der Waals surface area contributed by atoms with E-state index < -0.39 is 5.79 Å². The third-order valence-electron chi connectivity index (χ3n) is 4.95. The lowest BCUT2D eigenvalue weighted by molar-refractivity contribution is -0.213. The third kappa shape index (κ3) is 3.04. The van der Waals surface area contributed by atoms with Crippen molar-refractivity contribution >= 4 is 6.09 Å². The number of hydrogen-bond acceptors (Lipinski definition) is 4. The average molecular weight is 297 g/mol. The van der Waals surface area contributed by atoms with Gasteiger partial charge in [-0.25, -0.2) is 4.79 Å². The lowest BCUT2D eigenvalue weighted by atomic mass is 9.85. The fraction of sp³-hybridized carbons (Fsp3) is 0.938. The number of rotatable bonds is 4. The Labute approximate surface area is 126 Å². The Bertz CT molecular complexity index is 380. The summed E-state index contributed by atoms with van der Waals surface area (Å²) >= 11 is 0. The van der Waals surface area contributed by atoms with E-state index in [9.17, 15) is 4.79 Å². The number of ether oxygens (including phenoxy) is 3. The monoisotopic (exact) mass is 297 g/mol. The highest BCUT2D eigenvalue weighted by Gasteiger charge is 2.52. The van der Waals surface area contributed by atoms with Gasteiger partial charge in [-0.15, -0.1) is 0 Å². The highest BCUT2D eigenvalue weighted by molar-refractivity contribution is 5.69. The zero-order valence-electron chi connectivity index (χ0n) is 13.2. The van der Waals surface area contributed by atoms with Crippen molar-refractivity contribution in [1.29, 1.82) is 0 Å². The van der Waals surface area contributed by atoms with E-state index in [2.05, 4.69) is 6.92 Å². The molecule has 1 amide bonds. The molecule has 0 aromatic rings. The molecule has 0 aromatic heterocycles. The van der Waals surface area contributed by atoms with Crippen molar-refractivity contribution in [2.75, 3.05) is 13.2 Å². The van der Waals surface area contributed by atoms with Crippen LogP contribution >= 0.6 is 0 Å². The van der Waals surface area contributed by atoms with Crippen LogP contribution in [0.4, 0.5) is 4.79 Å². The number of carbonyl (C=O) groups is 1. The third-order valence-corrected chi connectivity index (χ3v) is 4.95. The van der Waals surface area contributed by atoms with Crippen molar-refractivity contribution in [2.45, 2.75) is 82.8 Å². The van der Waals surface area contributed by atoms with Crippen LogP contribution in [-0.2, 0) is 14.2 Å². The van der Waals surface area contributed by atoms with Crippen LogP contribution in [0.15, 0.2) is 0 Å². The SMILES string of the molecule is CCCCC[C@H]1CC2(C[C@@H]3C[C@H](C)OC(=O)N13)OCCO2. The Balaban J connectivity index is 1.75. The van der Waals surface area contributed by atoms with Crippen LogP contribution < -0.4 is 0 Å². The van der Waals surface area contributed by atoms with Crippen molar-refractivity contribution in [3.8, 4) is 0 Å². The predicted molar refractivity (Wildman–Crippen MR) is 78.0 cm³/mol. The van der Waals surface area contributed by atoms with Crippen LogP contribution in [0.3, 0.4) is 0 Å². The summed E-state index contributed by atoms with van der Waals surface area (Å²) < 4.78 is 17.3. The van der Waals surface area contributed by atoms with E-state index in [1.807, 2.05) is 11.8 Å². The fourth-order valence-corrected chi connectivity index (χ4v) is 4.06. The zero-order chi connectivity index (χ0) is 14.9. The van der Waals surface area contributed by atoms with Gasteiger partial charge in [0.1, 0.15) is 6.10 Å². The smallest absolute Gasteiger partial charge is 0.410 e. The number of cyclic esters (lactones) is 1. The van der Waals surface area contributed by atoms with Gasteiger partial charge in [0, 0.05) is 31.3 Å². The van der Waals surface area contributed by atoms with E-state index in [-0.39, 0.29) is 24.3 Å². The van der Waals surface area contributed by atoms with E-state index in [0.717, 1.165) is 32.1 Å². The lowest BCUT2D eigenvalue weighted by Gasteiger charge is -2.50. The molecule has 3 aliphatic heterocycles. The summed E-state index contributed by atoms with van der Waals surface area (Å²) in [6, 6.07) is 0.383. The van der Waals surface area contributed by atoms with Gasteiger partial charge in [0.2, 0.25) is 0 Å². The number of nitrogens with zero attached hydrogens (tertiary/aromatic N) is 1. The number of hydrogen-bond donors (Lipinski definition) is 0. The van der Waals surface area contributed by atoms with Gasteiger partial charge < -0.3 is 19.1 Å². The summed E-state index contributed by atoms with van der Waals surface area (Å²) in [5, 5.41) is 0. The molecule has 3 atom stereocenters. The van der Waals surface area contributed by atoms with Crippen LogP contribution in [0.25, 0.3) is 0 Å². The second kappa shape index (κ2) is 6.13. The minimum atomic E-state index is -0.449. The van der Waals surface area contributed by atoms with Gasteiger partial charge in [0.15, 0.2) is 5.79 Å². The molecular weight excluding hydrogens is 270 g/mol. The van der Waals surface area contributed by atoms with Gasteiger partial charge in [-0.2, -0.15) is 0 Å². The van der Waals surface area contributed by atoms with Crippen LogP contribution in [0, 0.1) is 0 Å². The van der Waals surface area contributed by atoms with Gasteiger partial charge in [0.25, 0.3) is 0 Å². The van der Waals surface area contributed by atoms with E-state index in [0.29, 0.717) is 13.2 Å². The fourth-order valence-electron chi connectivity index (χ4n) is 4.06. The van der Waals surface area contributed by atoms with Crippen LogP contribution in [0.2, 0.25) is 0 Å². The molecular formula is C16H27NO4. The Morgan fingerprint density at radius 1 is 1.24 bits per heavy atom. The molecule has 5 nitrogen and oxygen atoms in total. The number of fused-ring (bicyclic) bond motifs is 1. The quantitative estimate of drug-likeness (QED) is 0.748. The maximum absolute atomic E-state index is 12.3. The summed E-state index contributed by atoms with van der Waals surface area (Å²) in [7, 11) is 0. The van der Waals surface area contributed by atoms with Crippen LogP contribution in [0.5, 0.6) is 0 Å². The highest BCUT2D eigenvalue weighted by atomic mass is 16.7. The summed E-state index contributed by atoms with van der Waals surface area (Å²) in [6.07, 6.45) is 6.86. The van der Waals surface area contributed by atoms with Crippen molar-refractivity contribution in [1.82, 2.24) is 4.90 Å². The molecule has 0 unspecified atom stereocenters. The maximum Gasteiger partial charge on any atom is 0.410 e. The molecule has 0 bridgehead atoms. The standard InChI is InChI=1S/C16H27NO4/c1-3-4-5-6-13-10-16(19-7-8-20-16)11-14-9-12(2)21-15(18)17(13)14/h12-14H,3-11H2,1-2H3/t12-,13-,14-/m0/s1. The minimum Gasteiger partial charge on any atom is -0.446 e. The van der Waals surface area contributed by atoms with E-state index >= 15 is 0 Å². The van der Waals surface area contributed by atoms with Gasteiger partial charge >= 0.3 is 6.09 Å². The molecule has 120 valence electrons. The Morgan fingerprint density at radius 2 is 2.00 bits per heavy atom. The molecule has 3 fully saturated rings. The topological polar surface area (TPSA) is 48.0 Å². The summed E-state index contributed by atoms with van der Waals surface area (Å²) in [6.45, 7) is 5.52. The normalized spacial score (nSPS) is 34.9. The van der Waals surface area contributed by atoms with E-state index in [1.54, 1.807) is 0 Å². The number of unbranched alkanes of at least 4 members (excludes halogenated alkanes) is 2. The Hall–Kier alpha value is -0.810. The lowest BCUT2D eigenvalue weighted by Crippen LogP contribution is -2.61. The first-order valence-corrected chi connectivity index (χ1v) is 8.40. The Morgan fingerprint density at radius 3 is 2.71 bits per heavy atom. The molecule has 3 rings (SSSR count). The summed E-state index contributed by atoms with van der Waals surface area (Å²) in [5.41, 5.74) is 0. The molecule has 1 spiro atoms. The second-order valence-electron chi connectivity index (χ2n) is 6.66. The summed E-state index contributed by atoms with van der Waals surface area (Å²) in [5.74, 6) is -0.449. The molecule has 3 saturated heterocycles. The molecule has 5 heteroatoms. The number of amides is 1. The highest BCUT2D eigenvalue weighted by Crippen LogP contribution is 2.42. The first-order chi connectivity index (χ1) is 10.1.